The van der Waals surface area contributed by atoms with Crippen molar-refractivity contribution < 1.29 is 13.0 Å². The average Bonchev–Trinajstić information content (AvgIpc) is 2.80. The topological polar surface area (TPSA) is 48.0 Å². The Balaban J connectivity index is 2.60. The lowest BCUT2D eigenvalue weighted by Crippen LogP contribution is -2.35. The molecule has 2 rings (SSSR count). The van der Waals surface area contributed by atoms with Gasteiger partial charge in [-0.05, 0) is 43.4 Å². The molecule has 2 atom stereocenters. The van der Waals surface area contributed by atoms with Crippen LogP contribution in [0.4, 0.5) is 8.78 Å². The first-order valence-corrected chi connectivity index (χ1v) is 10.6. The number of aromatic nitrogens is 1. The van der Waals surface area contributed by atoms with E-state index in [1.54, 1.807) is 13.8 Å². The van der Waals surface area contributed by atoms with E-state index >= 15 is 0 Å². The largest absolute Gasteiger partial charge is 0.347 e. The second kappa shape index (κ2) is 7.68. The quantitative estimate of drug-likeness (QED) is 0.614. The molecule has 7 heteroatoms. The number of alkyl halides is 2. The van der Waals surface area contributed by atoms with Crippen LogP contribution in [0.25, 0.3) is 10.9 Å². The molecule has 146 valence electrons. The van der Waals surface area contributed by atoms with Gasteiger partial charge in [-0.25, -0.2) is 13.0 Å². The van der Waals surface area contributed by atoms with E-state index in [2.05, 4.69) is 36.7 Å². The molecular weight excluding hydrogens is 422 g/mol. The van der Waals surface area contributed by atoms with Crippen LogP contribution in [0.1, 0.15) is 52.5 Å². The van der Waals surface area contributed by atoms with Crippen molar-refractivity contribution in [3.8, 4) is 0 Å². The summed E-state index contributed by atoms with van der Waals surface area (Å²) in [6.45, 7) is 10.4. The maximum absolute atomic E-state index is 14.0. The van der Waals surface area contributed by atoms with Crippen LogP contribution in [0.15, 0.2) is 28.9 Å². The molecule has 1 heterocycles. The first kappa shape index (κ1) is 21.5. The zero-order valence-electron chi connectivity index (χ0n) is 15.9. The molecule has 2 N–H and O–H groups in total. The van der Waals surface area contributed by atoms with Crippen LogP contribution >= 0.6 is 15.9 Å². The molecule has 0 aliphatic heterocycles. The molecule has 0 saturated heterocycles. The number of benzene rings is 1. The summed E-state index contributed by atoms with van der Waals surface area (Å²) in [5.74, 6) is -1.03. The van der Waals surface area contributed by atoms with E-state index in [9.17, 15) is 13.0 Å². The lowest BCUT2D eigenvalue weighted by Gasteiger charge is -2.27. The lowest BCUT2D eigenvalue weighted by molar-refractivity contribution is 0.106. The van der Waals surface area contributed by atoms with Gasteiger partial charge in [0.1, 0.15) is 0 Å². The van der Waals surface area contributed by atoms with Gasteiger partial charge in [0.2, 0.25) is 6.43 Å². The maximum Gasteiger partial charge on any atom is 0.245 e. The standard InChI is InChI=1S/C19H27BrF2N2OS/c1-18(2,3)11-24-10-15(13-7-6-12(20)8-16(13)24)14(17(21)22)9-19(4,5)26(23)25/h6-8,10,14,17H,9,11,23H2,1-5H3/t14-,26?/m0/s1. The summed E-state index contributed by atoms with van der Waals surface area (Å²) in [6, 6.07) is 5.69. The SMILES string of the molecule is CC(C)(C)Cn1cc([C@H](CC(C)(C)S(N)=O)C(F)F)c2ccc(Br)cc21. The summed E-state index contributed by atoms with van der Waals surface area (Å²) >= 11 is 3.47. The number of fused-ring (bicyclic) bond motifs is 1. The molecule has 0 saturated carbocycles. The van der Waals surface area contributed by atoms with E-state index in [0.29, 0.717) is 12.1 Å². The third-order valence-corrected chi connectivity index (χ3v) is 6.23. The molecule has 1 aromatic heterocycles. The van der Waals surface area contributed by atoms with E-state index in [0.717, 1.165) is 15.4 Å². The van der Waals surface area contributed by atoms with Gasteiger partial charge in [0, 0.05) is 34.0 Å². The fraction of sp³-hybridized carbons (Fsp3) is 0.579. The molecule has 0 aliphatic rings. The first-order chi connectivity index (χ1) is 11.8. The molecule has 26 heavy (non-hydrogen) atoms. The van der Waals surface area contributed by atoms with Crippen molar-refractivity contribution in [1.82, 2.24) is 4.57 Å². The molecule has 0 radical (unpaired) electrons. The Morgan fingerprint density at radius 1 is 1.23 bits per heavy atom. The molecule has 0 aliphatic carbocycles. The van der Waals surface area contributed by atoms with Crippen molar-refractivity contribution in [1.29, 1.82) is 0 Å². The monoisotopic (exact) mass is 448 g/mol. The second-order valence-corrected chi connectivity index (χ2v) is 11.3. The van der Waals surface area contributed by atoms with Crippen LogP contribution in [-0.2, 0) is 17.5 Å². The van der Waals surface area contributed by atoms with Gasteiger partial charge in [0.15, 0.2) is 0 Å². The van der Waals surface area contributed by atoms with Crippen LogP contribution in [0.2, 0.25) is 0 Å². The Morgan fingerprint density at radius 3 is 2.35 bits per heavy atom. The van der Waals surface area contributed by atoms with E-state index in [1.807, 2.05) is 29.0 Å². The second-order valence-electron chi connectivity index (χ2n) is 8.64. The van der Waals surface area contributed by atoms with Gasteiger partial charge in [-0.15, -0.1) is 0 Å². The first-order valence-electron chi connectivity index (χ1n) is 8.54. The highest BCUT2D eigenvalue weighted by atomic mass is 79.9. The Kier molecular flexibility index (Phi) is 6.35. The Bertz CT molecular complexity index is 812. The van der Waals surface area contributed by atoms with Crippen molar-refractivity contribution in [2.75, 3.05) is 0 Å². The van der Waals surface area contributed by atoms with Crippen molar-refractivity contribution in [2.24, 2.45) is 10.6 Å². The Hall–Kier alpha value is -0.790. The molecule has 1 aromatic carbocycles. The zero-order valence-corrected chi connectivity index (χ0v) is 18.3. The summed E-state index contributed by atoms with van der Waals surface area (Å²) in [5, 5.41) is 6.34. The minimum atomic E-state index is -2.56. The summed E-state index contributed by atoms with van der Waals surface area (Å²) in [4.78, 5) is 0. The predicted octanol–water partition coefficient (Wildman–Crippen LogP) is 5.59. The van der Waals surface area contributed by atoms with Crippen molar-refractivity contribution in [3.63, 3.8) is 0 Å². The summed E-state index contributed by atoms with van der Waals surface area (Å²) in [6.07, 6.45) is -0.678. The number of halogens is 3. The molecule has 0 spiro atoms. The number of hydrogen-bond donors (Lipinski definition) is 1. The third-order valence-electron chi connectivity index (χ3n) is 4.48. The van der Waals surface area contributed by atoms with E-state index in [-0.39, 0.29) is 11.8 Å². The predicted molar refractivity (Wildman–Crippen MR) is 109 cm³/mol. The smallest absolute Gasteiger partial charge is 0.245 e. The Morgan fingerprint density at radius 2 is 1.85 bits per heavy atom. The highest BCUT2D eigenvalue weighted by molar-refractivity contribution is 9.10. The van der Waals surface area contributed by atoms with Crippen molar-refractivity contribution in [3.05, 3.63) is 34.4 Å². The van der Waals surface area contributed by atoms with Crippen molar-refractivity contribution >= 4 is 37.8 Å². The van der Waals surface area contributed by atoms with E-state index < -0.39 is 28.1 Å². The molecule has 1 unspecified atom stereocenters. The van der Waals surface area contributed by atoms with E-state index in [4.69, 9.17) is 5.14 Å². The van der Waals surface area contributed by atoms with Gasteiger partial charge in [0.05, 0.1) is 15.7 Å². The number of hydrogen-bond acceptors (Lipinski definition) is 1. The highest BCUT2D eigenvalue weighted by Crippen LogP contribution is 2.39. The minimum Gasteiger partial charge on any atom is -0.347 e. The van der Waals surface area contributed by atoms with Crippen LogP contribution < -0.4 is 5.14 Å². The van der Waals surface area contributed by atoms with Gasteiger partial charge in [-0.2, -0.15) is 0 Å². The van der Waals surface area contributed by atoms with Crippen molar-refractivity contribution in [2.45, 2.75) is 64.7 Å². The van der Waals surface area contributed by atoms with Gasteiger partial charge < -0.3 is 4.57 Å². The van der Waals surface area contributed by atoms with Gasteiger partial charge >= 0.3 is 0 Å². The molecule has 2 aromatic rings. The van der Waals surface area contributed by atoms with Crippen LogP contribution in [-0.4, -0.2) is 19.9 Å². The number of rotatable bonds is 6. The minimum absolute atomic E-state index is 0.00386. The lowest BCUT2D eigenvalue weighted by atomic mass is 9.90. The number of nitrogens with zero attached hydrogens (tertiary/aromatic N) is 1. The highest BCUT2D eigenvalue weighted by Gasteiger charge is 2.35. The van der Waals surface area contributed by atoms with Gasteiger partial charge in [-0.1, -0.05) is 42.8 Å². The third kappa shape index (κ3) is 4.93. The van der Waals surface area contributed by atoms with Crippen LogP contribution in [0.3, 0.4) is 0 Å². The van der Waals surface area contributed by atoms with Crippen LogP contribution in [0.5, 0.6) is 0 Å². The average molecular weight is 449 g/mol. The van der Waals surface area contributed by atoms with E-state index in [1.165, 1.54) is 0 Å². The van der Waals surface area contributed by atoms with Gasteiger partial charge in [-0.3, -0.25) is 5.14 Å². The molecule has 3 nitrogen and oxygen atoms in total. The number of nitrogens with two attached hydrogens (primary N) is 1. The fourth-order valence-electron chi connectivity index (χ4n) is 3.18. The van der Waals surface area contributed by atoms with Gasteiger partial charge in [0.25, 0.3) is 0 Å². The zero-order chi connectivity index (χ0) is 19.9. The fourth-order valence-corrected chi connectivity index (χ4v) is 3.87. The maximum atomic E-state index is 14.0. The summed E-state index contributed by atoms with van der Waals surface area (Å²) in [7, 11) is -1.68. The molecule has 0 amide bonds. The molecule has 0 fully saturated rings. The summed E-state index contributed by atoms with van der Waals surface area (Å²) < 4.78 is 41.8. The Labute approximate surface area is 165 Å². The van der Waals surface area contributed by atoms with Crippen LogP contribution in [0, 0.1) is 5.41 Å². The molecule has 0 bridgehead atoms. The summed E-state index contributed by atoms with van der Waals surface area (Å²) in [5.41, 5.74) is 1.51. The normalized spacial score (nSPS) is 15.6. The molecular formula is C19H27BrF2N2OS.